The predicted octanol–water partition coefficient (Wildman–Crippen LogP) is 2.26. The van der Waals surface area contributed by atoms with Crippen molar-refractivity contribution in [1.82, 2.24) is 4.42 Å². The fourth-order valence-electron chi connectivity index (χ4n) is 1.21. The molecule has 0 radical (unpaired) electrons. The maximum atomic E-state index is 5.84. The fraction of sp³-hybridized carbons (Fsp3) is 0.429. The Morgan fingerprint density at radius 1 is 1.60 bits per heavy atom. The van der Waals surface area contributed by atoms with E-state index in [-0.39, 0.29) is 0 Å². The van der Waals surface area contributed by atoms with Crippen molar-refractivity contribution in [3.63, 3.8) is 0 Å². The van der Waals surface area contributed by atoms with Crippen LogP contribution in [0.25, 0.3) is 0 Å². The van der Waals surface area contributed by atoms with E-state index in [1.807, 2.05) is 15.8 Å². The van der Waals surface area contributed by atoms with Crippen LogP contribution in [0, 0.1) is 0 Å². The average Bonchev–Trinajstić information content (AvgIpc) is 2.33. The highest BCUT2D eigenvalue weighted by Crippen LogP contribution is 2.24. The smallest absolute Gasteiger partial charge is 0.0400 e. The van der Waals surface area contributed by atoms with Crippen LogP contribution in [0.3, 0.4) is 0 Å². The van der Waals surface area contributed by atoms with Crippen LogP contribution >= 0.6 is 23.1 Å². The fourth-order valence-corrected chi connectivity index (χ4v) is 2.32. The van der Waals surface area contributed by atoms with Gasteiger partial charge in [0.1, 0.15) is 0 Å². The third-order valence-electron chi connectivity index (χ3n) is 1.76. The maximum Gasteiger partial charge on any atom is 0.0400 e. The molecule has 0 bridgehead atoms. The van der Waals surface area contributed by atoms with E-state index in [1.54, 1.807) is 0 Å². The predicted molar refractivity (Wildman–Crippen MR) is 44.3 cm³/mol. The average molecular weight is 174 g/mol. The first-order valence-corrected chi connectivity index (χ1v) is 4.54. The van der Waals surface area contributed by atoms with Gasteiger partial charge in [0.2, 0.25) is 0 Å². The molecule has 1 aliphatic heterocycles. The zero-order chi connectivity index (χ0) is 6.97. The number of fused-ring (bicyclic) bond motifs is 1. The first kappa shape index (κ1) is 6.65. The lowest BCUT2D eigenvalue weighted by molar-refractivity contribution is 0.433. The quantitative estimate of drug-likeness (QED) is 0.544. The molecule has 1 aliphatic rings. The molecule has 0 N–H and O–H groups in total. The van der Waals surface area contributed by atoms with Gasteiger partial charge >= 0.3 is 0 Å². The second-order valence-corrected chi connectivity index (χ2v) is 3.94. The molecule has 0 fully saturated rings. The summed E-state index contributed by atoms with van der Waals surface area (Å²) in [4.78, 5) is 1.51. The van der Waals surface area contributed by atoms with Gasteiger partial charge in [-0.1, -0.05) is 0 Å². The molecule has 54 valence electrons. The van der Waals surface area contributed by atoms with Crippen LogP contribution in [0.4, 0.5) is 0 Å². The van der Waals surface area contributed by atoms with Gasteiger partial charge in [-0.25, -0.2) is 4.42 Å². The van der Waals surface area contributed by atoms with E-state index >= 15 is 0 Å². The molecule has 0 aromatic carbocycles. The Bertz CT molecular complexity index is 233. The number of nitrogens with zero attached hydrogens (tertiary/aromatic N) is 1. The van der Waals surface area contributed by atoms with E-state index in [0.717, 1.165) is 19.5 Å². The van der Waals surface area contributed by atoms with Crippen molar-refractivity contribution in [2.24, 2.45) is 0 Å². The zero-order valence-electron chi connectivity index (χ0n) is 5.51. The Morgan fingerprint density at radius 2 is 2.50 bits per heavy atom. The molecule has 10 heavy (non-hydrogen) atoms. The highest BCUT2D eigenvalue weighted by molar-refractivity contribution is 7.10. The van der Waals surface area contributed by atoms with Gasteiger partial charge in [0, 0.05) is 18.0 Å². The van der Waals surface area contributed by atoms with Gasteiger partial charge in [-0.3, -0.25) is 0 Å². The Balaban J connectivity index is 2.30. The summed E-state index contributed by atoms with van der Waals surface area (Å²) in [7, 11) is 0. The summed E-state index contributed by atoms with van der Waals surface area (Å²) in [5.41, 5.74) is 1.41. The van der Waals surface area contributed by atoms with Gasteiger partial charge in [-0.15, -0.1) is 11.3 Å². The van der Waals surface area contributed by atoms with E-state index in [0.29, 0.717) is 0 Å². The van der Waals surface area contributed by atoms with Crippen molar-refractivity contribution in [3.05, 3.63) is 21.9 Å². The molecular weight excluding hydrogens is 166 g/mol. The normalized spacial score (nSPS) is 18.9. The molecule has 0 unspecified atom stereocenters. The molecule has 0 saturated heterocycles. The lowest BCUT2D eigenvalue weighted by Gasteiger charge is -2.18. The van der Waals surface area contributed by atoms with Crippen molar-refractivity contribution >= 4 is 23.1 Å². The van der Waals surface area contributed by atoms with Crippen LogP contribution in [0.5, 0.6) is 0 Å². The monoisotopic (exact) mass is 173 g/mol. The van der Waals surface area contributed by atoms with Crippen LogP contribution < -0.4 is 0 Å². The zero-order valence-corrected chi connectivity index (χ0v) is 7.08. The van der Waals surface area contributed by atoms with E-state index in [9.17, 15) is 0 Å². The molecule has 1 aromatic rings. The van der Waals surface area contributed by atoms with Gasteiger partial charge in [0.25, 0.3) is 0 Å². The maximum absolute atomic E-state index is 5.84. The van der Waals surface area contributed by atoms with Gasteiger partial charge < -0.3 is 0 Å². The molecule has 0 spiro atoms. The van der Waals surface area contributed by atoms with Crippen molar-refractivity contribution in [1.29, 1.82) is 0 Å². The van der Waals surface area contributed by atoms with Crippen molar-refractivity contribution in [2.75, 3.05) is 6.54 Å². The second kappa shape index (κ2) is 2.53. The lowest BCUT2D eigenvalue weighted by Crippen LogP contribution is -2.20. The van der Waals surface area contributed by atoms with Crippen LogP contribution in [-0.2, 0) is 13.0 Å². The largest absolute Gasteiger partial charge is 0.215 e. The van der Waals surface area contributed by atoms with Crippen molar-refractivity contribution in [3.8, 4) is 0 Å². The summed E-state index contributed by atoms with van der Waals surface area (Å²) >= 11 is 7.68. The number of thiophene rings is 1. The third kappa shape index (κ3) is 1.07. The minimum Gasteiger partial charge on any atom is -0.215 e. The Kier molecular flexibility index (Phi) is 1.68. The minimum absolute atomic E-state index is 0.917. The van der Waals surface area contributed by atoms with E-state index in [2.05, 4.69) is 11.4 Å². The molecule has 1 aromatic heterocycles. The number of hydrogen-bond acceptors (Lipinski definition) is 2. The minimum atomic E-state index is 0.917. The number of hydrogen-bond donors (Lipinski definition) is 0. The summed E-state index contributed by atoms with van der Waals surface area (Å²) in [5.74, 6) is 0. The van der Waals surface area contributed by atoms with Crippen molar-refractivity contribution in [2.45, 2.75) is 13.0 Å². The second-order valence-electron chi connectivity index (χ2n) is 2.46. The SMILES string of the molecule is ClN1CCc2sccc2C1. The first-order valence-electron chi connectivity index (χ1n) is 3.32. The number of halogens is 1. The first-order chi connectivity index (χ1) is 4.86. The van der Waals surface area contributed by atoms with Crippen molar-refractivity contribution < 1.29 is 0 Å². The van der Waals surface area contributed by atoms with Gasteiger partial charge in [0.15, 0.2) is 0 Å². The summed E-state index contributed by atoms with van der Waals surface area (Å²) in [6.45, 7) is 1.91. The standard InChI is InChI=1S/C7H8ClNS/c8-9-3-1-7-6(5-9)2-4-10-7/h2,4H,1,3,5H2. The molecule has 0 saturated carbocycles. The highest BCUT2D eigenvalue weighted by atomic mass is 35.5. The molecule has 2 heterocycles. The Labute approximate surface area is 69.3 Å². The van der Waals surface area contributed by atoms with Crippen LogP contribution in [0.2, 0.25) is 0 Å². The van der Waals surface area contributed by atoms with Crippen LogP contribution in [0.15, 0.2) is 11.4 Å². The highest BCUT2D eigenvalue weighted by Gasteiger charge is 2.14. The van der Waals surface area contributed by atoms with E-state index < -0.39 is 0 Å². The van der Waals surface area contributed by atoms with Gasteiger partial charge in [-0.05, 0) is 35.2 Å². The molecule has 2 rings (SSSR count). The molecule has 0 atom stereocenters. The topological polar surface area (TPSA) is 3.24 Å². The summed E-state index contributed by atoms with van der Waals surface area (Å²) < 4.78 is 1.84. The Morgan fingerprint density at radius 3 is 3.40 bits per heavy atom. The van der Waals surface area contributed by atoms with E-state index in [4.69, 9.17) is 11.8 Å². The van der Waals surface area contributed by atoms with Gasteiger partial charge in [0.05, 0.1) is 0 Å². The molecular formula is C7H8ClNS. The van der Waals surface area contributed by atoms with Crippen LogP contribution in [0.1, 0.15) is 10.4 Å². The third-order valence-corrected chi connectivity index (χ3v) is 3.07. The lowest BCUT2D eigenvalue weighted by atomic mass is 10.1. The molecule has 0 amide bonds. The molecule has 0 aliphatic carbocycles. The van der Waals surface area contributed by atoms with E-state index in [1.165, 1.54) is 10.4 Å². The van der Waals surface area contributed by atoms with Crippen LogP contribution in [-0.4, -0.2) is 11.0 Å². The summed E-state index contributed by atoms with van der Waals surface area (Å²) in [6, 6.07) is 2.16. The molecule has 1 nitrogen and oxygen atoms in total. The summed E-state index contributed by atoms with van der Waals surface area (Å²) in [6.07, 6.45) is 1.12. The number of rotatable bonds is 0. The summed E-state index contributed by atoms with van der Waals surface area (Å²) in [5, 5.41) is 2.14. The van der Waals surface area contributed by atoms with Gasteiger partial charge in [-0.2, -0.15) is 0 Å². The molecule has 3 heteroatoms. The Hall–Kier alpha value is -0.0500.